The van der Waals surface area contributed by atoms with Crippen molar-refractivity contribution in [1.82, 2.24) is 14.5 Å². The van der Waals surface area contributed by atoms with E-state index in [1.165, 1.54) is 12.1 Å². The van der Waals surface area contributed by atoms with Crippen LogP contribution in [0.1, 0.15) is 32.9 Å². The standard InChI is InChI=1S/C32H30FN3O6S/c1-20-7-8-24(25(33)15-20)19-42-31-6-4-5-26(35-31)21-9-10-22(29(17-21)43(3,39)40)18-30-34-27-12-11-23(32(37)38)16-28(27)36(30)13-14-41-2/h4-12,15-17H,13-14,18-19H2,1-3H3,(H,37,38). The minimum absolute atomic E-state index is 0.00583. The normalized spacial score (nSPS) is 11.6. The maximum atomic E-state index is 14.3. The van der Waals surface area contributed by atoms with Crippen LogP contribution >= 0.6 is 0 Å². The van der Waals surface area contributed by atoms with Gasteiger partial charge in [-0.25, -0.2) is 27.6 Å². The van der Waals surface area contributed by atoms with Crippen LogP contribution in [0.3, 0.4) is 0 Å². The number of aromatic nitrogens is 3. The fourth-order valence-electron chi connectivity index (χ4n) is 4.83. The summed E-state index contributed by atoms with van der Waals surface area (Å²) in [6.45, 7) is 2.56. The van der Waals surface area contributed by atoms with Gasteiger partial charge in [-0.15, -0.1) is 0 Å². The van der Waals surface area contributed by atoms with Crippen molar-refractivity contribution in [3.05, 3.63) is 107 Å². The van der Waals surface area contributed by atoms with Crippen LogP contribution in [-0.2, 0) is 34.1 Å². The van der Waals surface area contributed by atoms with Gasteiger partial charge in [0.15, 0.2) is 9.84 Å². The number of benzene rings is 3. The summed E-state index contributed by atoms with van der Waals surface area (Å²) in [6, 6.07) is 19.8. The predicted octanol–water partition coefficient (Wildman–Crippen LogP) is 5.46. The fourth-order valence-corrected chi connectivity index (χ4v) is 5.78. The predicted molar refractivity (Wildman–Crippen MR) is 160 cm³/mol. The number of carboxylic acid groups (broad SMARTS) is 1. The Balaban J connectivity index is 1.47. The van der Waals surface area contributed by atoms with E-state index in [4.69, 9.17) is 14.5 Å². The van der Waals surface area contributed by atoms with E-state index in [-0.39, 0.29) is 35.2 Å². The largest absolute Gasteiger partial charge is 0.478 e. The smallest absolute Gasteiger partial charge is 0.335 e. The minimum Gasteiger partial charge on any atom is -0.478 e. The summed E-state index contributed by atoms with van der Waals surface area (Å²) in [5.41, 5.74) is 4.14. The number of nitrogens with zero attached hydrogens (tertiary/aromatic N) is 3. The second-order valence-electron chi connectivity index (χ2n) is 10.2. The summed E-state index contributed by atoms with van der Waals surface area (Å²) >= 11 is 0. The molecule has 3 aromatic carbocycles. The van der Waals surface area contributed by atoms with E-state index >= 15 is 0 Å². The molecule has 0 aliphatic rings. The third-order valence-electron chi connectivity index (χ3n) is 7.01. The maximum Gasteiger partial charge on any atom is 0.335 e. The quantitative estimate of drug-likeness (QED) is 0.211. The Bertz CT molecular complexity index is 1940. The topological polar surface area (TPSA) is 121 Å². The van der Waals surface area contributed by atoms with Crippen molar-refractivity contribution in [2.75, 3.05) is 20.0 Å². The number of imidazole rings is 1. The molecule has 0 unspecified atom stereocenters. The number of rotatable bonds is 11. The number of sulfone groups is 1. The SMILES string of the molecule is COCCn1c(Cc2ccc(-c3cccc(OCc4ccc(C)cc4F)n3)cc2S(C)(=O)=O)nc2ccc(C(=O)O)cc21. The van der Waals surface area contributed by atoms with Gasteiger partial charge in [-0.1, -0.05) is 30.3 Å². The number of hydrogen-bond acceptors (Lipinski definition) is 7. The lowest BCUT2D eigenvalue weighted by Crippen LogP contribution is -2.11. The number of aryl methyl sites for hydroxylation is 1. The van der Waals surface area contributed by atoms with Crippen LogP contribution in [0.2, 0.25) is 0 Å². The Labute approximate surface area is 248 Å². The van der Waals surface area contributed by atoms with Gasteiger partial charge in [0, 0.05) is 43.5 Å². The van der Waals surface area contributed by atoms with Gasteiger partial charge in [-0.3, -0.25) is 0 Å². The number of hydrogen-bond donors (Lipinski definition) is 1. The third-order valence-corrected chi connectivity index (χ3v) is 8.19. The molecule has 9 nitrogen and oxygen atoms in total. The van der Waals surface area contributed by atoms with Crippen LogP contribution in [-0.4, -0.2) is 54.0 Å². The molecule has 2 heterocycles. The van der Waals surface area contributed by atoms with Gasteiger partial charge >= 0.3 is 5.97 Å². The second kappa shape index (κ2) is 12.3. The molecule has 5 rings (SSSR count). The summed E-state index contributed by atoms with van der Waals surface area (Å²) in [6.07, 6.45) is 1.33. The molecule has 0 saturated carbocycles. The molecule has 0 atom stereocenters. The highest BCUT2D eigenvalue weighted by Gasteiger charge is 2.20. The van der Waals surface area contributed by atoms with Gasteiger partial charge in [-0.2, -0.15) is 0 Å². The Morgan fingerprint density at radius 1 is 1.00 bits per heavy atom. The molecule has 0 aliphatic carbocycles. The zero-order valence-corrected chi connectivity index (χ0v) is 24.7. The van der Waals surface area contributed by atoms with Crippen LogP contribution < -0.4 is 4.74 Å². The van der Waals surface area contributed by atoms with Crippen LogP contribution in [0, 0.1) is 12.7 Å². The van der Waals surface area contributed by atoms with Gasteiger partial charge < -0.3 is 19.1 Å². The number of carbonyl (C=O) groups is 1. The lowest BCUT2D eigenvalue weighted by atomic mass is 10.1. The number of pyridine rings is 1. The molecule has 2 aromatic heterocycles. The Hall–Kier alpha value is -4.61. The molecule has 0 bridgehead atoms. The van der Waals surface area contributed by atoms with Gasteiger partial charge in [0.1, 0.15) is 18.2 Å². The first-order valence-corrected chi connectivity index (χ1v) is 15.3. The number of aromatic carboxylic acids is 1. The van der Waals surface area contributed by atoms with Crippen molar-refractivity contribution in [1.29, 1.82) is 0 Å². The molecule has 0 saturated heterocycles. The summed E-state index contributed by atoms with van der Waals surface area (Å²) in [5, 5.41) is 9.47. The Kier molecular flexibility index (Phi) is 8.56. The van der Waals surface area contributed by atoms with Crippen LogP contribution in [0.15, 0.2) is 77.7 Å². The Morgan fingerprint density at radius 2 is 1.79 bits per heavy atom. The lowest BCUT2D eigenvalue weighted by Gasteiger charge is -2.13. The molecular formula is C32H30FN3O6S. The molecule has 0 spiro atoms. The van der Waals surface area contributed by atoms with Crippen LogP contribution in [0.25, 0.3) is 22.3 Å². The van der Waals surface area contributed by atoms with Crippen LogP contribution in [0.5, 0.6) is 5.88 Å². The van der Waals surface area contributed by atoms with E-state index in [1.54, 1.807) is 67.8 Å². The molecule has 0 amide bonds. The molecular weight excluding hydrogens is 573 g/mol. The number of carboxylic acids is 1. The number of ether oxygens (including phenoxy) is 2. The van der Waals surface area contributed by atoms with Crippen molar-refractivity contribution in [2.24, 2.45) is 0 Å². The third kappa shape index (κ3) is 6.73. The second-order valence-corrected chi connectivity index (χ2v) is 12.2. The summed E-state index contributed by atoms with van der Waals surface area (Å²) in [7, 11) is -2.10. The average molecular weight is 604 g/mol. The van der Waals surface area contributed by atoms with Gasteiger partial charge in [-0.05, 0) is 54.4 Å². The molecule has 1 N–H and O–H groups in total. The summed E-state index contributed by atoms with van der Waals surface area (Å²) in [5.74, 6) is -0.565. The van der Waals surface area contributed by atoms with Crippen molar-refractivity contribution in [3.63, 3.8) is 0 Å². The molecule has 0 fully saturated rings. The maximum absolute atomic E-state index is 14.3. The first-order chi connectivity index (χ1) is 20.5. The van der Waals surface area contributed by atoms with E-state index in [1.807, 2.05) is 11.5 Å². The van der Waals surface area contributed by atoms with E-state index < -0.39 is 15.8 Å². The van der Waals surface area contributed by atoms with E-state index in [2.05, 4.69) is 4.98 Å². The minimum atomic E-state index is -3.67. The average Bonchev–Trinajstić information content (AvgIpc) is 3.31. The molecule has 5 aromatic rings. The highest BCUT2D eigenvalue weighted by Crippen LogP contribution is 2.29. The molecule has 43 heavy (non-hydrogen) atoms. The molecule has 0 radical (unpaired) electrons. The molecule has 11 heteroatoms. The summed E-state index contributed by atoms with van der Waals surface area (Å²) < 4.78 is 53.0. The summed E-state index contributed by atoms with van der Waals surface area (Å²) in [4.78, 5) is 20.9. The van der Waals surface area contributed by atoms with Crippen molar-refractivity contribution in [2.45, 2.75) is 31.4 Å². The monoisotopic (exact) mass is 603 g/mol. The van der Waals surface area contributed by atoms with Gasteiger partial charge in [0.2, 0.25) is 5.88 Å². The van der Waals surface area contributed by atoms with Crippen LogP contribution in [0.4, 0.5) is 4.39 Å². The fraction of sp³-hybridized carbons (Fsp3) is 0.219. The van der Waals surface area contributed by atoms with Crippen molar-refractivity contribution >= 4 is 26.8 Å². The van der Waals surface area contributed by atoms with E-state index in [0.29, 0.717) is 52.4 Å². The van der Waals surface area contributed by atoms with Crippen molar-refractivity contribution in [3.8, 4) is 17.1 Å². The van der Waals surface area contributed by atoms with E-state index in [9.17, 15) is 22.7 Å². The first-order valence-electron chi connectivity index (χ1n) is 13.4. The molecule has 222 valence electrons. The lowest BCUT2D eigenvalue weighted by molar-refractivity contribution is 0.0697. The van der Waals surface area contributed by atoms with E-state index in [0.717, 1.165) is 11.8 Å². The number of fused-ring (bicyclic) bond motifs is 1. The zero-order chi connectivity index (χ0) is 30.7. The number of halogens is 1. The molecule has 0 aliphatic heterocycles. The highest BCUT2D eigenvalue weighted by molar-refractivity contribution is 7.90. The zero-order valence-electron chi connectivity index (χ0n) is 23.9. The van der Waals surface area contributed by atoms with Gasteiger partial charge in [0.05, 0.1) is 33.8 Å². The van der Waals surface area contributed by atoms with Gasteiger partial charge in [0.25, 0.3) is 0 Å². The number of methoxy groups -OCH3 is 1. The first kappa shape index (κ1) is 29.9. The Morgan fingerprint density at radius 3 is 2.51 bits per heavy atom. The highest BCUT2D eigenvalue weighted by atomic mass is 32.2. The van der Waals surface area contributed by atoms with Crippen molar-refractivity contribution < 1.29 is 32.2 Å².